The largest absolute Gasteiger partial charge is 0.354 e. The van der Waals surface area contributed by atoms with Crippen molar-refractivity contribution in [2.45, 2.75) is 17.9 Å². The third kappa shape index (κ3) is 5.66. The smallest absolute Gasteiger partial charge is 0.269 e. The Bertz CT molecular complexity index is 1120. The van der Waals surface area contributed by atoms with Gasteiger partial charge in [0.05, 0.1) is 21.8 Å². The van der Waals surface area contributed by atoms with Crippen molar-refractivity contribution < 1.29 is 18.1 Å². The van der Waals surface area contributed by atoms with Crippen LogP contribution in [-0.2, 0) is 21.4 Å². The van der Waals surface area contributed by atoms with Crippen molar-refractivity contribution in [3.05, 3.63) is 83.4 Å². The molecule has 0 unspecified atom stereocenters. The molecule has 0 aliphatic heterocycles. The van der Waals surface area contributed by atoms with E-state index < -0.39 is 27.4 Å². The normalized spacial score (nSPS) is 11.1. The van der Waals surface area contributed by atoms with Gasteiger partial charge in [-0.05, 0) is 30.7 Å². The minimum Gasteiger partial charge on any atom is -0.354 e. The summed E-state index contributed by atoms with van der Waals surface area (Å²) in [6.45, 7) is 0.561. The van der Waals surface area contributed by atoms with Gasteiger partial charge in [0.25, 0.3) is 15.7 Å². The van der Waals surface area contributed by atoms with Crippen molar-refractivity contribution in [3.8, 4) is 0 Å². The number of imidazole rings is 1. The predicted octanol–water partition coefficient (Wildman–Crippen LogP) is 2.19. The van der Waals surface area contributed by atoms with E-state index in [0.29, 0.717) is 19.5 Å². The van der Waals surface area contributed by atoms with Crippen LogP contribution in [0.4, 0.5) is 11.4 Å². The number of anilines is 1. The zero-order valence-electron chi connectivity index (χ0n) is 16.5. The lowest BCUT2D eigenvalue weighted by atomic mass is 10.3. The molecule has 31 heavy (non-hydrogen) atoms. The average Bonchev–Trinajstić information content (AvgIpc) is 3.29. The minimum absolute atomic E-state index is 0.0151. The molecule has 3 rings (SSSR count). The van der Waals surface area contributed by atoms with E-state index in [9.17, 15) is 23.3 Å². The van der Waals surface area contributed by atoms with Gasteiger partial charge in [-0.25, -0.2) is 13.4 Å². The first-order valence-electron chi connectivity index (χ1n) is 9.42. The van der Waals surface area contributed by atoms with Crippen molar-refractivity contribution in [2.24, 2.45) is 0 Å². The monoisotopic (exact) mass is 443 g/mol. The molecule has 0 saturated heterocycles. The minimum atomic E-state index is -4.06. The molecule has 0 aliphatic carbocycles. The zero-order chi connectivity index (χ0) is 22.3. The van der Waals surface area contributed by atoms with Crippen LogP contribution < -0.4 is 9.62 Å². The second kappa shape index (κ2) is 9.85. The third-order valence-electron chi connectivity index (χ3n) is 4.44. The van der Waals surface area contributed by atoms with Crippen molar-refractivity contribution in [1.82, 2.24) is 14.9 Å². The third-order valence-corrected chi connectivity index (χ3v) is 6.23. The standard InChI is InChI=1S/C20H21N5O5S/c26-20(22-11-4-13-23-14-12-21-16-23)15-24(17-7-9-18(10-8-17)25(27)28)31(29,30)19-5-2-1-3-6-19/h1-3,5-10,12,14,16H,4,11,13,15H2,(H,22,26). The number of carbonyl (C=O) groups excluding carboxylic acids is 1. The van der Waals surface area contributed by atoms with Crippen LogP contribution in [0, 0.1) is 10.1 Å². The number of nitro groups is 1. The first-order chi connectivity index (χ1) is 14.9. The molecule has 1 amide bonds. The first-order valence-corrected chi connectivity index (χ1v) is 10.9. The summed E-state index contributed by atoms with van der Waals surface area (Å²) in [5.74, 6) is -0.483. The maximum absolute atomic E-state index is 13.2. The molecule has 0 bridgehead atoms. The van der Waals surface area contributed by atoms with Crippen molar-refractivity contribution in [2.75, 3.05) is 17.4 Å². The summed E-state index contributed by atoms with van der Waals surface area (Å²) < 4.78 is 29.2. The number of amides is 1. The Morgan fingerprint density at radius 3 is 2.45 bits per heavy atom. The van der Waals surface area contributed by atoms with Crippen LogP contribution in [-0.4, -0.2) is 41.9 Å². The molecule has 0 aliphatic rings. The van der Waals surface area contributed by atoms with Gasteiger partial charge in [-0.1, -0.05) is 18.2 Å². The molecule has 1 heterocycles. The number of hydrogen-bond acceptors (Lipinski definition) is 6. The number of sulfonamides is 1. The molecule has 0 atom stereocenters. The maximum Gasteiger partial charge on any atom is 0.269 e. The van der Waals surface area contributed by atoms with Gasteiger partial charge in [0.1, 0.15) is 6.54 Å². The van der Waals surface area contributed by atoms with Gasteiger partial charge in [-0.3, -0.25) is 19.2 Å². The van der Waals surface area contributed by atoms with Crippen molar-refractivity contribution in [1.29, 1.82) is 0 Å². The van der Waals surface area contributed by atoms with Crippen LogP contribution >= 0.6 is 0 Å². The van der Waals surface area contributed by atoms with Crippen LogP contribution in [0.2, 0.25) is 0 Å². The van der Waals surface area contributed by atoms with E-state index in [1.165, 1.54) is 36.4 Å². The fourth-order valence-electron chi connectivity index (χ4n) is 2.87. The molecule has 162 valence electrons. The van der Waals surface area contributed by atoms with Crippen LogP contribution in [0.1, 0.15) is 6.42 Å². The molecule has 0 spiro atoms. The average molecular weight is 443 g/mol. The Kier molecular flexibility index (Phi) is 6.98. The second-order valence-electron chi connectivity index (χ2n) is 6.60. The summed E-state index contributed by atoms with van der Waals surface area (Å²) in [4.78, 5) is 26.8. The number of aryl methyl sites for hydroxylation is 1. The highest BCUT2D eigenvalue weighted by atomic mass is 32.2. The zero-order valence-corrected chi connectivity index (χ0v) is 17.3. The molecule has 0 saturated carbocycles. The number of benzene rings is 2. The Balaban J connectivity index is 1.75. The first kappa shape index (κ1) is 22.0. The fraction of sp³-hybridized carbons (Fsp3) is 0.200. The lowest BCUT2D eigenvalue weighted by Crippen LogP contribution is -2.41. The maximum atomic E-state index is 13.2. The number of non-ortho nitro benzene ring substituents is 1. The molecule has 3 aromatic rings. The number of aromatic nitrogens is 2. The number of nitro benzene ring substituents is 1. The molecule has 1 N–H and O–H groups in total. The topological polar surface area (TPSA) is 127 Å². The Morgan fingerprint density at radius 2 is 1.84 bits per heavy atom. The van der Waals surface area contributed by atoms with E-state index in [1.807, 2.05) is 10.8 Å². The second-order valence-corrected chi connectivity index (χ2v) is 8.46. The Hall–Kier alpha value is -3.73. The summed E-state index contributed by atoms with van der Waals surface area (Å²) in [5, 5.41) is 13.6. The Morgan fingerprint density at radius 1 is 1.13 bits per heavy atom. The van der Waals surface area contributed by atoms with Crippen LogP contribution in [0.3, 0.4) is 0 Å². The number of carbonyl (C=O) groups is 1. The molecule has 2 aromatic carbocycles. The van der Waals surface area contributed by atoms with E-state index in [1.54, 1.807) is 30.7 Å². The highest BCUT2D eigenvalue weighted by molar-refractivity contribution is 7.92. The summed E-state index contributed by atoms with van der Waals surface area (Å²) in [6, 6.07) is 12.7. The number of nitrogens with one attached hydrogen (secondary N) is 1. The van der Waals surface area contributed by atoms with E-state index in [0.717, 1.165) is 4.31 Å². The van der Waals surface area contributed by atoms with Crippen molar-refractivity contribution in [3.63, 3.8) is 0 Å². The number of hydrogen-bond donors (Lipinski definition) is 1. The predicted molar refractivity (Wildman–Crippen MR) is 114 cm³/mol. The highest BCUT2D eigenvalue weighted by Crippen LogP contribution is 2.25. The molecular formula is C20H21N5O5S. The van der Waals surface area contributed by atoms with Gasteiger partial charge in [0, 0.05) is 37.6 Å². The fourth-order valence-corrected chi connectivity index (χ4v) is 4.31. The summed E-state index contributed by atoms with van der Waals surface area (Å²) >= 11 is 0. The highest BCUT2D eigenvalue weighted by Gasteiger charge is 2.27. The van der Waals surface area contributed by atoms with Gasteiger partial charge in [0.2, 0.25) is 5.91 Å². The van der Waals surface area contributed by atoms with Crippen LogP contribution in [0.15, 0.2) is 78.2 Å². The lowest BCUT2D eigenvalue weighted by molar-refractivity contribution is -0.384. The van der Waals surface area contributed by atoms with Gasteiger partial charge < -0.3 is 9.88 Å². The van der Waals surface area contributed by atoms with Gasteiger partial charge in [-0.15, -0.1) is 0 Å². The summed E-state index contributed by atoms with van der Waals surface area (Å²) in [7, 11) is -4.06. The molecule has 11 heteroatoms. The van der Waals surface area contributed by atoms with E-state index in [-0.39, 0.29) is 16.3 Å². The quantitative estimate of drug-likeness (QED) is 0.291. The van der Waals surface area contributed by atoms with Gasteiger partial charge in [-0.2, -0.15) is 0 Å². The SMILES string of the molecule is O=C(CN(c1ccc([N+](=O)[O-])cc1)S(=O)(=O)c1ccccc1)NCCCn1ccnc1. The molecular weight excluding hydrogens is 422 g/mol. The summed E-state index contributed by atoms with van der Waals surface area (Å²) in [5.41, 5.74) is -0.0206. The van der Waals surface area contributed by atoms with E-state index >= 15 is 0 Å². The molecule has 0 fully saturated rings. The lowest BCUT2D eigenvalue weighted by Gasteiger charge is -2.24. The van der Waals surface area contributed by atoms with Gasteiger partial charge >= 0.3 is 0 Å². The number of rotatable bonds is 10. The van der Waals surface area contributed by atoms with Crippen LogP contribution in [0.25, 0.3) is 0 Å². The van der Waals surface area contributed by atoms with Crippen LogP contribution in [0.5, 0.6) is 0 Å². The van der Waals surface area contributed by atoms with E-state index in [2.05, 4.69) is 10.3 Å². The summed E-state index contributed by atoms with van der Waals surface area (Å²) in [6.07, 6.45) is 5.79. The molecule has 10 nitrogen and oxygen atoms in total. The van der Waals surface area contributed by atoms with Crippen molar-refractivity contribution >= 4 is 27.3 Å². The Labute approximate surface area is 179 Å². The van der Waals surface area contributed by atoms with E-state index in [4.69, 9.17) is 0 Å². The number of nitrogens with zero attached hydrogens (tertiary/aromatic N) is 4. The molecule has 0 radical (unpaired) electrons. The van der Waals surface area contributed by atoms with Gasteiger partial charge in [0.15, 0.2) is 0 Å². The molecule has 1 aromatic heterocycles.